The lowest BCUT2D eigenvalue weighted by Gasteiger charge is -2.26. The van der Waals surface area contributed by atoms with E-state index < -0.39 is 5.97 Å². The van der Waals surface area contributed by atoms with Gasteiger partial charge in [-0.2, -0.15) is 0 Å². The number of nitrogens with zero attached hydrogens (tertiary/aromatic N) is 1. The van der Waals surface area contributed by atoms with Crippen molar-refractivity contribution in [3.63, 3.8) is 0 Å². The molecule has 0 spiro atoms. The fourth-order valence-electron chi connectivity index (χ4n) is 4.93. The van der Waals surface area contributed by atoms with Gasteiger partial charge in [-0.1, -0.05) is 18.2 Å². The summed E-state index contributed by atoms with van der Waals surface area (Å²) in [6.45, 7) is 1.78. The van der Waals surface area contributed by atoms with Crippen molar-refractivity contribution in [2.75, 3.05) is 18.4 Å². The highest BCUT2D eigenvalue weighted by molar-refractivity contribution is 5.98. The SMILES string of the molecule is O=C(O)c1ccccc1C1=c2cc3c(cc2Oc2cc4c(cc21)CCCN4)=NCCC3. The molecule has 5 heteroatoms. The summed E-state index contributed by atoms with van der Waals surface area (Å²) >= 11 is 0. The highest BCUT2D eigenvalue weighted by atomic mass is 16.5. The van der Waals surface area contributed by atoms with E-state index in [4.69, 9.17) is 4.74 Å². The molecule has 3 aliphatic rings. The first-order valence-electron chi connectivity index (χ1n) is 10.8. The Bertz CT molecular complexity index is 1370. The van der Waals surface area contributed by atoms with Crippen LogP contribution in [0.1, 0.15) is 45.5 Å². The lowest BCUT2D eigenvalue weighted by Crippen LogP contribution is -2.26. The van der Waals surface area contributed by atoms with Gasteiger partial charge in [0, 0.05) is 47.3 Å². The first-order valence-corrected chi connectivity index (χ1v) is 10.8. The number of carboxylic acid groups (broad SMARTS) is 1. The lowest BCUT2D eigenvalue weighted by atomic mass is 9.87. The van der Waals surface area contributed by atoms with E-state index in [1.807, 2.05) is 18.2 Å². The molecule has 5 nitrogen and oxygen atoms in total. The minimum Gasteiger partial charge on any atom is -0.478 e. The number of hydrogen-bond acceptors (Lipinski definition) is 4. The molecule has 0 radical (unpaired) electrons. The zero-order valence-corrected chi connectivity index (χ0v) is 17.1. The second kappa shape index (κ2) is 6.98. The van der Waals surface area contributed by atoms with Crippen LogP contribution in [0.15, 0.2) is 53.5 Å². The van der Waals surface area contributed by atoms with Gasteiger partial charge in [0.05, 0.1) is 10.9 Å². The number of aromatic carboxylic acids is 1. The molecular formula is C26H22N2O3. The lowest BCUT2D eigenvalue weighted by molar-refractivity contribution is 0.0696. The van der Waals surface area contributed by atoms with E-state index in [2.05, 4.69) is 28.5 Å². The van der Waals surface area contributed by atoms with E-state index in [1.165, 1.54) is 11.1 Å². The minimum absolute atomic E-state index is 0.301. The van der Waals surface area contributed by atoms with Crippen molar-refractivity contribution in [1.82, 2.24) is 0 Å². The first kappa shape index (κ1) is 18.2. The fraction of sp³-hybridized carbons (Fsp3) is 0.231. The van der Waals surface area contributed by atoms with Crippen molar-refractivity contribution < 1.29 is 14.6 Å². The maximum atomic E-state index is 12.1. The average molecular weight is 410 g/mol. The molecule has 3 aliphatic heterocycles. The van der Waals surface area contributed by atoms with Crippen molar-refractivity contribution in [3.05, 3.63) is 86.9 Å². The summed E-state index contributed by atoms with van der Waals surface area (Å²) < 4.78 is 6.39. The summed E-state index contributed by atoms with van der Waals surface area (Å²) in [6.07, 6.45) is 4.09. The summed E-state index contributed by atoms with van der Waals surface area (Å²) in [4.78, 5) is 16.8. The standard InChI is InChI=1S/C26H22N2O3/c29-26(30)18-8-2-1-7-17(18)25-19-11-15-5-3-9-27-21(15)13-23(19)31-24-14-22-16(12-20(24)25)6-4-10-28-22/h1-2,7-8,11-14,27H,3-6,9-10H2,(H,29,30). The highest BCUT2D eigenvalue weighted by Gasteiger charge is 2.26. The van der Waals surface area contributed by atoms with Gasteiger partial charge in [0.25, 0.3) is 0 Å². The molecule has 31 heavy (non-hydrogen) atoms. The molecular weight excluding hydrogens is 388 g/mol. The van der Waals surface area contributed by atoms with Crippen LogP contribution in [0.3, 0.4) is 0 Å². The molecule has 0 bridgehead atoms. The van der Waals surface area contributed by atoms with E-state index in [-0.39, 0.29) is 0 Å². The van der Waals surface area contributed by atoms with E-state index in [0.717, 1.165) is 83.2 Å². The average Bonchev–Trinajstić information content (AvgIpc) is 2.80. The van der Waals surface area contributed by atoms with Crippen LogP contribution in [-0.4, -0.2) is 24.2 Å². The molecule has 0 unspecified atom stereocenters. The Labute approximate surface area is 179 Å². The quantitative estimate of drug-likeness (QED) is 0.529. The Morgan fingerprint density at radius 2 is 1.84 bits per heavy atom. The monoisotopic (exact) mass is 410 g/mol. The van der Waals surface area contributed by atoms with Crippen LogP contribution >= 0.6 is 0 Å². The number of aryl methyl sites for hydroxylation is 2. The summed E-state index contributed by atoms with van der Waals surface area (Å²) in [5.74, 6) is 0.569. The third kappa shape index (κ3) is 2.92. The molecule has 2 N–H and O–H groups in total. The number of fused-ring (bicyclic) bond motifs is 4. The van der Waals surface area contributed by atoms with Crippen LogP contribution in [-0.2, 0) is 12.8 Å². The third-order valence-electron chi connectivity index (χ3n) is 6.40. The van der Waals surface area contributed by atoms with Crippen LogP contribution in [0.5, 0.6) is 11.5 Å². The van der Waals surface area contributed by atoms with Gasteiger partial charge in [0.2, 0.25) is 0 Å². The number of hydrogen-bond donors (Lipinski definition) is 2. The molecule has 0 aliphatic carbocycles. The Kier molecular flexibility index (Phi) is 4.10. The van der Waals surface area contributed by atoms with Crippen LogP contribution in [0.2, 0.25) is 0 Å². The fourth-order valence-corrected chi connectivity index (χ4v) is 4.93. The predicted molar refractivity (Wildman–Crippen MR) is 119 cm³/mol. The maximum absolute atomic E-state index is 12.1. The Morgan fingerprint density at radius 3 is 2.74 bits per heavy atom. The van der Waals surface area contributed by atoms with Crippen molar-refractivity contribution in [2.45, 2.75) is 25.7 Å². The molecule has 0 saturated heterocycles. The number of nitrogens with one attached hydrogen (secondary N) is 1. The molecule has 3 aromatic rings. The molecule has 0 fully saturated rings. The smallest absolute Gasteiger partial charge is 0.336 e. The number of rotatable bonds is 2. The first-order chi connectivity index (χ1) is 15.2. The van der Waals surface area contributed by atoms with Crippen molar-refractivity contribution in [3.8, 4) is 11.5 Å². The molecule has 0 amide bonds. The third-order valence-corrected chi connectivity index (χ3v) is 6.40. The van der Waals surface area contributed by atoms with Crippen LogP contribution in [0.4, 0.5) is 5.69 Å². The Morgan fingerprint density at radius 1 is 0.968 bits per heavy atom. The highest BCUT2D eigenvalue weighted by Crippen LogP contribution is 2.41. The number of ether oxygens (including phenoxy) is 1. The van der Waals surface area contributed by atoms with Crippen molar-refractivity contribution in [1.29, 1.82) is 0 Å². The second-order valence-electron chi connectivity index (χ2n) is 8.33. The van der Waals surface area contributed by atoms with E-state index in [9.17, 15) is 9.90 Å². The molecule has 0 atom stereocenters. The van der Waals surface area contributed by atoms with Gasteiger partial charge in [-0.3, -0.25) is 4.99 Å². The van der Waals surface area contributed by atoms with E-state index in [0.29, 0.717) is 5.56 Å². The molecule has 6 rings (SSSR count). The maximum Gasteiger partial charge on any atom is 0.336 e. The number of benzene rings is 3. The van der Waals surface area contributed by atoms with Gasteiger partial charge in [-0.15, -0.1) is 0 Å². The summed E-state index contributed by atoms with van der Waals surface area (Å²) in [5.41, 5.74) is 6.44. The van der Waals surface area contributed by atoms with Crippen LogP contribution in [0.25, 0.3) is 5.57 Å². The van der Waals surface area contributed by atoms with E-state index >= 15 is 0 Å². The number of carboxylic acids is 1. The Balaban J connectivity index is 1.73. The largest absolute Gasteiger partial charge is 0.478 e. The number of anilines is 1. The number of carbonyl (C=O) groups is 1. The predicted octanol–water partition coefficient (Wildman–Crippen LogP) is 3.66. The van der Waals surface area contributed by atoms with Gasteiger partial charge in [-0.25, -0.2) is 4.79 Å². The summed E-state index contributed by atoms with van der Waals surface area (Å²) in [7, 11) is 0. The van der Waals surface area contributed by atoms with Crippen LogP contribution in [0, 0.1) is 0 Å². The normalized spacial score (nSPS) is 15.9. The van der Waals surface area contributed by atoms with Crippen LogP contribution < -0.4 is 20.6 Å². The van der Waals surface area contributed by atoms with Gasteiger partial charge >= 0.3 is 5.97 Å². The van der Waals surface area contributed by atoms with E-state index in [1.54, 1.807) is 12.1 Å². The molecule has 0 aromatic heterocycles. The molecule has 3 heterocycles. The van der Waals surface area contributed by atoms with Gasteiger partial charge < -0.3 is 15.2 Å². The minimum atomic E-state index is -0.926. The second-order valence-corrected chi connectivity index (χ2v) is 8.33. The molecule has 3 aromatic carbocycles. The van der Waals surface area contributed by atoms with Gasteiger partial charge in [0.15, 0.2) is 0 Å². The van der Waals surface area contributed by atoms with Gasteiger partial charge in [-0.05, 0) is 60.6 Å². The topological polar surface area (TPSA) is 70.9 Å². The van der Waals surface area contributed by atoms with Crippen molar-refractivity contribution in [2.24, 2.45) is 4.99 Å². The zero-order valence-electron chi connectivity index (χ0n) is 17.1. The zero-order chi connectivity index (χ0) is 20.9. The summed E-state index contributed by atoms with van der Waals surface area (Å²) in [6, 6.07) is 15.7. The Hall–Kier alpha value is -3.60. The van der Waals surface area contributed by atoms with Gasteiger partial charge in [0.1, 0.15) is 11.5 Å². The molecule has 154 valence electrons. The van der Waals surface area contributed by atoms with Crippen molar-refractivity contribution >= 4 is 17.2 Å². The molecule has 0 saturated carbocycles. The summed E-state index contributed by atoms with van der Waals surface area (Å²) in [5, 5.41) is 15.3.